The van der Waals surface area contributed by atoms with Gasteiger partial charge in [-0.3, -0.25) is 24.0 Å². The summed E-state index contributed by atoms with van der Waals surface area (Å²) in [5, 5.41) is 21.1. The van der Waals surface area contributed by atoms with Gasteiger partial charge in [0, 0.05) is 18.7 Å². The Morgan fingerprint density at radius 2 is 1.78 bits per heavy atom. The normalized spacial score (nSPS) is 18.6. The Hall–Kier alpha value is -4.92. The van der Waals surface area contributed by atoms with Crippen molar-refractivity contribution in [2.45, 2.75) is 90.0 Å². The van der Waals surface area contributed by atoms with E-state index >= 15 is 0 Å². The first kappa shape index (κ1) is 34.0. The molecule has 0 saturated heterocycles. The third kappa shape index (κ3) is 7.83. The van der Waals surface area contributed by atoms with Gasteiger partial charge < -0.3 is 31.9 Å². The Kier molecular flexibility index (Phi) is 11.0. The molecular weight excluding hydrogens is 586 g/mol. The number of carbonyl (C=O) groups is 5. The van der Waals surface area contributed by atoms with Gasteiger partial charge in [-0.2, -0.15) is 5.26 Å². The van der Waals surface area contributed by atoms with Gasteiger partial charge in [0.15, 0.2) is 0 Å². The molecule has 244 valence electrons. The second kappa shape index (κ2) is 14.9. The number of anilines is 1. The highest BCUT2D eigenvalue weighted by Crippen LogP contribution is 2.32. The zero-order valence-electron chi connectivity index (χ0n) is 26.8. The molecule has 5 atom stereocenters. The molecule has 5 amide bonds. The quantitative estimate of drug-likeness (QED) is 0.237. The summed E-state index contributed by atoms with van der Waals surface area (Å²) in [6.45, 7) is 7.63. The van der Waals surface area contributed by atoms with Crippen molar-refractivity contribution < 1.29 is 24.0 Å². The lowest BCUT2D eigenvalue weighted by molar-refractivity contribution is -0.145. The first-order valence-corrected chi connectivity index (χ1v) is 15.8. The molecule has 2 heterocycles. The van der Waals surface area contributed by atoms with Crippen molar-refractivity contribution in [3.8, 4) is 6.07 Å². The van der Waals surface area contributed by atoms with Gasteiger partial charge >= 0.3 is 0 Å². The minimum absolute atomic E-state index is 0.197. The number of nitrogens with two attached hydrogens (primary N) is 1. The minimum Gasteiger partial charge on any atom is -0.373 e. The molecule has 12 nitrogen and oxygen atoms in total. The standard InChI is InChI=1S/C34H43N7O5/c1-5-8-26(39-32(44)27-16-22-9-6-7-10-25(22)38-27)31(43)40-29(19(2)3)34(46)41-14-13-21-15-20(4)11-12-24(21)30(41)33(45)37-23(18-35)17-28(36)42/h6-7,9-12,15,19,23,26-27,29-30,38H,5,8,13-14,16-17H2,1-4H3,(H2,36,42)(H,37,45)(H,39,44)(H,40,43)/t23-,26-,27?,29-,30-/m0/s1. The van der Waals surface area contributed by atoms with Crippen LogP contribution in [0.25, 0.3) is 0 Å². The molecule has 0 saturated carbocycles. The van der Waals surface area contributed by atoms with Crippen molar-refractivity contribution in [1.82, 2.24) is 20.9 Å². The van der Waals surface area contributed by atoms with Crippen LogP contribution in [0.3, 0.4) is 0 Å². The van der Waals surface area contributed by atoms with Crippen LogP contribution in [0.1, 0.15) is 68.3 Å². The number of nitrogens with one attached hydrogen (secondary N) is 4. The van der Waals surface area contributed by atoms with Crippen molar-refractivity contribution in [2.75, 3.05) is 11.9 Å². The highest BCUT2D eigenvalue weighted by Gasteiger charge is 2.41. The highest BCUT2D eigenvalue weighted by molar-refractivity contribution is 5.96. The van der Waals surface area contributed by atoms with Crippen molar-refractivity contribution in [2.24, 2.45) is 11.7 Å². The fourth-order valence-electron chi connectivity index (χ4n) is 6.09. The Morgan fingerprint density at radius 3 is 2.43 bits per heavy atom. The molecule has 12 heteroatoms. The maximum absolute atomic E-state index is 14.2. The van der Waals surface area contributed by atoms with E-state index in [1.807, 2.05) is 56.3 Å². The fraction of sp³-hybridized carbons (Fsp3) is 0.471. The van der Waals surface area contributed by atoms with E-state index in [9.17, 15) is 29.2 Å². The molecule has 0 fully saturated rings. The topological polar surface area (TPSA) is 187 Å². The van der Waals surface area contributed by atoms with Crippen LogP contribution in [-0.4, -0.2) is 65.1 Å². The number of fused-ring (bicyclic) bond motifs is 2. The van der Waals surface area contributed by atoms with E-state index in [-0.39, 0.29) is 24.8 Å². The average molecular weight is 630 g/mol. The van der Waals surface area contributed by atoms with Crippen molar-refractivity contribution in [3.05, 3.63) is 64.7 Å². The van der Waals surface area contributed by atoms with Crippen LogP contribution < -0.4 is 27.0 Å². The zero-order chi connectivity index (χ0) is 33.5. The number of hydrogen-bond acceptors (Lipinski definition) is 7. The van der Waals surface area contributed by atoms with Gasteiger partial charge in [0.05, 0.1) is 12.5 Å². The smallest absolute Gasteiger partial charge is 0.248 e. The number of para-hydroxylation sites is 1. The van der Waals surface area contributed by atoms with Gasteiger partial charge in [0.25, 0.3) is 0 Å². The number of aryl methyl sites for hydroxylation is 1. The largest absolute Gasteiger partial charge is 0.373 e. The molecule has 2 aliphatic heterocycles. The van der Waals surface area contributed by atoms with Gasteiger partial charge in [0.2, 0.25) is 29.5 Å². The summed E-state index contributed by atoms with van der Waals surface area (Å²) in [5.74, 6) is -2.99. The van der Waals surface area contributed by atoms with Crippen LogP contribution in [0.2, 0.25) is 0 Å². The van der Waals surface area contributed by atoms with Gasteiger partial charge in [-0.15, -0.1) is 0 Å². The van der Waals surface area contributed by atoms with E-state index in [2.05, 4.69) is 21.3 Å². The molecule has 2 aromatic carbocycles. The highest BCUT2D eigenvalue weighted by atomic mass is 16.2. The maximum atomic E-state index is 14.2. The predicted molar refractivity (Wildman–Crippen MR) is 172 cm³/mol. The molecule has 6 N–H and O–H groups in total. The first-order chi connectivity index (χ1) is 21.9. The van der Waals surface area contributed by atoms with Crippen LogP contribution in [0.4, 0.5) is 5.69 Å². The number of nitrogens with zero attached hydrogens (tertiary/aromatic N) is 2. The van der Waals surface area contributed by atoms with Gasteiger partial charge in [-0.05, 0) is 48.4 Å². The zero-order valence-corrected chi connectivity index (χ0v) is 26.8. The average Bonchev–Trinajstić information content (AvgIpc) is 3.46. The number of carbonyl (C=O) groups excluding carboxylic acids is 5. The molecule has 0 spiro atoms. The first-order valence-electron chi connectivity index (χ1n) is 15.8. The summed E-state index contributed by atoms with van der Waals surface area (Å²) in [5.41, 5.74) is 9.67. The molecule has 1 unspecified atom stereocenters. The SMILES string of the molecule is CCC[C@H](NC(=O)C1Cc2ccccc2N1)C(=O)N[C@H](C(=O)N1CCc2cc(C)ccc2[C@H]1C(=O)N[C@H](C#N)CC(N)=O)C(C)C. The molecule has 0 aromatic heterocycles. The van der Waals surface area contributed by atoms with E-state index in [0.29, 0.717) is 31.2 Å². The second-order valence-corrected chi connectivity index (χ2v) is 12.4. The van der Waals surface area contributed by atoms with E-state index in [4.69, 9.17) is 5.73 Å². The molecule has 0 bridgehead atoms. The van der Waals surface area contributed by atoms with Gasteiger partial charge in [-0.25, -0.2) is 0 Å². The Balaban J connectivity index is 1.54. The number of nitriles is 1. The van der Waals surface area contributed by atoms with Crippen LogP contribution in [0, 0.1) is 24.2 Å². The Bertz CT molecular complexity index is 1510. The summed E-state index contributed by atoms with van der Waals surface area (Å²) in [6.07, 6.45) is 1.60. The van der Waals surface area contributed by atoms with E-state index in [1.165, 1.54) is 4.90 Å². The van der Waals surface area contributed by atoms with Crippen molar-refractivity contribution in [3.63, 3.8) is 0 Å². The number of hydrogen-bond donors (Lipinski definition) is 5. The fourth-order valence-corrected chi connectivity index (χ4v) is 6.09. The Labute approximate surface area is 269 Å². The number of rotatable bonds is 12. The molecule has 0 aliphatic carbocycles. The van der Waals surface area contributed by atoms with Crippen LogP contribution in [0.5, 0.6) is 0 Å². The third-order valence-corrected chi connectivity index (χ3v) is 8.46. The predicted octanol–water partition coefficient (Wildman–Crippen LogP) is 1.77. The maximum Gasteiger partial charge on any atom is 0.248 e. The van der Waals surface area contributed by atoms with E-state index in [1.54, 1.807) is 19.9 Å². The molecule has 0 radical (unpaired) electrons. The molecule has 2 aromatic rings. The van der Waals surface area contributed by atoms with Gasteiger partial charge in [-0.1, -0.05) is 69.2 Å². The third-order valence-electron chi connectivity index (χ3n) is 8.46. The summed E-state index contributed by atoms with van der Waals surface area (Å²) in [7, 11) is 0. The number of primary amides is 1. The molecular formula is C34H43N7O5. The molecule has 46 heavy (non-hydrogen) atoms. The lowest BCUT2D eigenvalue weighted by Crippen LogP contribution is -2.59. The van der Waals surface area contributed by atoms with Crippen LogP contribution in [-0.2, 0) is 36.8 Å². The van der Waals surface area contributed by atoms with Gasteiger partial charge in [0.1, 0.15) is 30.2 Å². The van der Waals surface area contributed by atoms with Crippen molar-refractivity contribution in [1.29, 1.82) is 5.26 Å². The summed E-state index contributed by atoms with van der Waals surface area (Å²) in [6, 6.07) is 10.5. The number of benzene rings is 2. The summed E-state index contributed by atoms with van der Waals surface area (Å²) >= 11 is 0. The van der Waals surface area contributed by atoms with E-state index in [0.717, 1.165) is 22.4 Å². The molecule has 2 aliphatic rings. The minimum atomic E-state index is -1.17. The van der Waals surface area contributed by atoms with Crippen molar-refractivity contribution >= 4 is 35.2 Å². The summed E-state index contributed by atoms with van der Waals surface area (Å²) in [4.78, 5) is 67.7. The monoisotopic (exact) mass is 629 g/mol. The summed E-state index contributed by atoms with van der Waals surface area (Å²) < 4.78 is 0. The van der Waals surface area contributed by atoms with Crippen LogP contribution >= 0.6 is 0 Å². The lowest BCUT2D eigenvalue weighted by Gasteiger charge is -2.39. The molecule has 4 rings (SSSR count). The second-order valence-electron chi connectivity index (χ2n) is 12.4. The Morgan fingerprint density at radius 1 is 1.04 bits per heavy atom. The lowest BCUT2D eigenvalue weighted by atomic mass is 9.89. The van der Waals surface area contributed by atoms with E-state index < -0.39 is 53.8 Å². The van der Waals surface area contributed by atoms with Crippen LogP contribution in [0.15, 0.2) is 42.5 Å². The number of amides is 5.